The van der Waals surface area contributed by atoms with E-state index in [0.29, 0.717) is 11.7 Å². The third-order valence-corrected chi connectivity index (χ3v) is 2.66. The number of hydrogen-bond acceptors (Lipinski definition) is 4. The number of aromatic nitrogens is 2. The van der Waals surface area contributed by atoms with Gasteiger partial charge < -0.3 is 10.3 Å². The van der Waals surface area contributed by atoms with Gasteiger partial charge in [-0.05, 0) is 25.2 Å². The Kier molecular flexibility index (Phi) is 2.82. The normalized spacial score (nSPS) is 18.4. The highest BCUT2D eigenvalue weighted by Gasteiger charge is 2.32. The van der Waals surface area contributed by atoms with Crippen LogP contribution in [0.2, 0.25) is 0 Å². The Morgan fingerprint density at radius 1 is 1.57 bits per heavy atom. The first-order chi connectivity index (χ1) is 6.81. The lowest BCUT2D eigenvalue weighted by molar-refractivity contribution is 0.365. The molecule has 0 saturated heterocycles. The van der Waals surface area contributed by atoms with E-state index in [0.717, 1.165) is 25.2 Å². The maximum absolute atomic E-state index is 5.96. The van der Waals surface area contributed by atoms with Gasteiger partial charge in [0, 0.05) is 6.42 Å². The quantitative estimate of drug-likeness (QED) is 0.778. The van der Waals surface area contributed by atoms with Crippen LogP contribution in [0.15, 0.2) is 4.52 Å². The molecule has 2 N–H and O–H groups in total. The van der Waals surface area contributed by atoms with Crippen molar-refractivity contribution in [2.75, 3.05) is 0 Å². The molecule has 78 valence electrons. The van der Waals surface area contributed by atoms with Crippen molar-refractivity contribution in [1.29, 1.82) is 0 Å². The van der Waals surface area contributed by atoms with E-state index in [1.807, 2.05) is 0 Å². The highest BCUT2D eigenvalue weighted by Crippen LogP contribution is 2.38. The van der Waals surface area contributed by atoms with Gasteiger partial charge >= 0.3 is 0 Å². The van der Waals surface area contributed by atoms with Gasteiger partial charge in [-0.2, -0.15) is 4.98 Å². The van der Waals surface area contributed by atoms with E-state index in [1.54, 1.807) is 0 Å². The van der Waals surface area contributed by atoms with Crippen molar-refractivity contribution in [2.24, 2.45) is 11.7 Å². The molecule has 0 aromatic carbocycles. The first kappa shape index (κ1) is 9.65. The summed E-state index contributed by atoms with van der Waals surface area (Å²) in [6.07, 6.45) is 5.54. The van der Waals surface area contributed by atoms with Crippen LogP contribution in [0.3, 0.4) is 0 Å². The van der Waals surface area contributed by atoms with Crippen molar-refractivity contribution in [2.45, 2.75) is 45.1 Å². The lowest BCUT2D eigenvalue weighted by Gasteiger charge is -2.01. The Morgan fingerprint density at radius 3 is 3.00 bits per heavy atom. The third-order valence-electron chi connectivity index (χ3n) is 2.66. The number of hydrogen-bond donors (Lipinski definition) is 1. The molecule has 0 spiro atoms. The Hall–Kier alpha value is -0.900. The molecular formula is C10H17N3O. The topological polar surface area (TPSA) is 64.9 Å². The zero-order chi connectivity index (χ0) is 9.97. The first-order valence-corrected chi connectivity index (χ1v) is 5.39. The average molecular weight is 195 g/mol. The number of aryl methyl sites for hydroxylation is 1. The first-order valence-electron chi connectivity index (χ1n) is 5.39. The van der Waals surface area contributed by atoms with Crippen molar-refractivity contribution in [1.82, 2.24) is 10.1 Å². The van der Waals surface area contributed by atoms with Gasteiger partial charge in [-0.1, -0.05) is 18.5 Å². The van der Waals surface area contributed by atoms with Crippen LogP contribution >= 0.6 is 0 Å². The van der Waals surface area contributed by atoms with Gasteiger partial charge in [-0.25, -0.2) is 0 Å². The molecule has 2 rings (SSSR count). The maximum atomic E-state index is 5.96. The Balaban J connectivity index is 1.94. The molecule has 1 aliphatic carbocycles. The summed E-state index contributed by atoms with van der Waals surface area (Å²) in [5, 5.41) is 3.92. The minimum Gasteiger partial charge on any atom is -0.339 e. The Morgan fingerprint density at radius 2 is 2.36 bits per heavy atom. The minimum absolute atomic E-state index is 0.00544. The Labute approximate surface area is 83.9 Å². The Bertz CT molecular complexity index is 293. The van der Waals surface area contributed by atoms with Gasteiger partial charge in [0.15, 0.2) is 5.82 Å². The summed E-state index contributed by atoms with van der Waals surface area (Å²) in [6, 6.07) is -0.00544. The molecule has 1 atom stereocenters. The van der Waals surface area contributed by atoms with Crippen LogP contribution in [0.4, 0.5) is 0 Å². The van der Waals surface area contributed by atoms with Gasteiger partial charge in [0.25, 0.3) is 0 Å². The van der Waals surface area contributed by atoms with Gasteiger partial charge in [0.1, 0.15) is 0 Å². The number of rotatable bonds is 5. The van der Waals surface area contributed by atoms with Gasteiger partial charge in [0.2, 0.25) is 5.89 Å². The molecule has 4 nitrogen and oxygen atoms in total. The molecule has 0 aliphatic heterocycles. The predicted octanol–water partition coefficient (Wildman–Crippen LogP) is 1.82. The second kappa shape index (κ2) is 4.09. The molecule has 1 aromatic heterocycles. The molecule has 0 bridgehead atoms. The molecule has 1 saturated carbocycles. The van der Waals surface area contributed by atoms with E-state index < -0.39 is 0 Å². The molecule has 1 aromatic rings. The standard InChI is InChI=1S/C10H17N3O/c1-2-3-4-8-12-10(13-14-8)9(11)7-5-6-7/h7,9H,2-6,11H2,1H3. The predicted molar refractivity (Wildman–Crippen MR) is 52.6 cm³/mol. The summed E-state index contributed by atoms with van der Waals surface area (Å²) in [7, 11) is 0. The summed E-state index contributed by atoms with van der Waals surface area (Å²) in [5.74, 6) is 2.02. The second-order valence-corrected chi connectivity index (χ2v) is 4.01. The lowest BCUT2D eigenvalue weighted by Crippen LogP contribution is -2.14. The zero-order valence-electron chi connectivity index (χ0n) is 8.57. The molecule has 0 amide bonds. The van der Waals surface area contributed by atoms with Crippen molar-refractivity contribution >= 4 is 0 Å². The molecule has 1 heterocycles. The highest BCUT2D eigenvalue weighted by molar-refractivity contribution is 4.99. The van der Waals surface area contributed by atoms with Crippen molar-refractivity contribution in [3.8, 4) is 0 Å². The molecule has 4 heteroatoms. The average Bonchev–Trinajstić information content (AvgIpc) is 2.94. The molecule has 1 fully saturated rings. The largest absolute Gasteiger partial charge is 0.339 e. The second-order valence-electron chi connectivity index (χ2n) is 4.01. The smallest absolute Gasteiger partial charge is 0.226 e. The van der Waals surface area contributed by atoms with Crippen molar-refractivity contribution < 1.29 is 4.52 Å². The van der Waals surface area contributed by atoms with E-state index in [1.165, 1.54) is 12.8 Å². The van der Waals surface area contributed by atoms with E-state index in [-0.39, 0.29) is 6.04 Å². The fourth-order valence-electron chi connectivity index (χ4n) is 1.50. The lowest BCUT2D eigenvalue weighted by atomic mass is 10.2. The number of unbranched alkanes of at least 4 members (excludes halogenated alkanes) is 1. The monoisotopic (exact) mass is 195 g/mol. The summed E-state index contributed by atoms with van der Waals surface area (Å²) in [5.41, 5.74) is 5.96. The zero-order valence-corrected chi connectivity index (χ0v) is 8.57. The number of nitrogens with two attached hydrogens (primary N) is 1. The van der Waals surface area contributed by atoms with Gasteiger partial charge in [-0.15, -0.1) is 0 Å². The summed E-state index contributed by atoms with van der Waals surface area (Å²) in [6.45, 7) is 2.15. The minimum atomic E-state index is -0.00544. The van der Waals surface area contributed by atoms with Crippen molar-refractivity contribution in [3.05, 3.63) is 11.7 Å². The van der Waals surface area contributed by atoms with Crippen LogP contribution in [0.5, 0.6) is 0 Å². The fourth-order valence-corrected chi connectivity index (χ4v) is 1.50. The molecule has 0 radical (unpaired) electrons. The van der Waals surface area contributed by atoms with Crippen molar-refractivity contribution in [3.63, 3.8) is 0 Å². The molecule has 1 unspecified atom stereocenters. The van der Waals surface area contributed by atoms with E-state index in [4.69, 9.17) is 10.3 Å². The van der Waals surface area contributed by atoms with Crippen LogP contribution < -0.4 is 5.73 Å². The molecular weight excluding hydrogens is 178 g/mol. The van der Waals surface area contributed by atoms with Crippen LogP contribution in [0, 0.1) is 5.92 Å². The SMILES string of the molecule is CCCCc1nc(C(N)C2CC2)no1. The molecule has 14 heavy (non-hydrogen) atoms. The summed E-state index contributed by atoms with van der Waals surface area (Å²) >= 11 is 0. The maximum Gasteiger partial charge on any atom is 0.226 e. The van der Waals surface area contributed by atoms with Crippen LogP contribution in [0.1, 0.15) is 50.4 Å². The van der Waals surface area contributed by atoms with Crippen LogP contribution in [0.25, 0.3) is 0 Å². The van der Waals surface area contributed by atoms with Crippen LogP contribution in [-0.4, -0.2) is 10.1 Å². The van der Waals surface area contributed by atoms with E-state index in [9.17, 15) is 0 Å². The van der Waals surface area contributed by atoms with Crippen LogP contribution in [-0.2, 0) is 6.42 Å². The number of nitrogens with zero attached hydrogens (tertiary/aromatic N) is 2. The van der Waals surface area contributed by atoms with E-state index >= 15 is 0 Å². The molecule has 1 aliphatic rings. The van der Waals surface area contributed by atoms with Gasteiger partial charge in [-0.3, -0.25) is 0 Å². The third kappa shape index (κ3) is 2.12. The highest BCUT2D eigenvalue weighted by atomic mass is 16.5. The summed E-state index contributed by atoms with van der Waals surface area (Å²) in [4.78, 5) is 4.31. The fraction of sp³-hybridized carbons (Fsp3) is 0.800. The summed E-state index contributed by atoms with van der Waals surface area (Å²) < 4.78 is 5.12. The van der Waals surface area contributed by atoms with Gasteiger partial charge in [0.05, 0.1) is 6.04 Å². The van der Waals surface area contributed by atoms with E-state index in [2.05, 4.69) is 17.1 Å².